The number of aliphatic hydroxyl groups is 1. The molecule has 1 aliphatic heterocycles. The first kappa shape index (κ1) is 14.7. The van der Waals surface area contributed by atoms with Crippen molar-refractivity contribution in [2.45, 2.75) is 12.8 Å². The summed E-state index contributed by atoms with van der Waals surface area (Å²) in [7, 11) is 3.14. The second-order valence-corrected chi connectivity index (χ2v) is 5.00. The zero-order valence-corrected chi connectivity index (χ0v) is 12.0. The van der Waals surface area contributed by atoms with Gasteiger partial charge in [0.25, 0.3) is 0 Å². The molecular weight excluding hydrogens is 258 g/mol. The first-order valence-electron chi connectivity index (χ1n) is 6.80. The number of anilines is 1. The van der Waals surface area contributed by atoms with Crippen LogP contribution in [-0.4, -0.2) is 45.3 Å². The van der Waals surface area contributed by atoms with E-state index in [0.717, 1.165) is 37.9 Å². The molecule has 5 nitrogen and oxygen atoms in total. The van der Waals surface area contributed by atoms with Crippen LogP contribution in [0.2, 0.25) is 0 Å². The van der Waals surface area contributed by atoms with Gasteiger partial charge >= 0.3 is 0 Å². The van der Waals surface area contributed by atoms with Crippen LogP contribution in [0, 0.1) is 5.92 Å². The number of hydrogen-bond acceptors (Lipinski definition) is 5. The standard InChI is InChI=1S/C15H21NO4/c1-19-14-7-12(10-18)13(8-15(14)20-2)16-5-3-11(9-17)4-6-16/h7-8,10-11,17H,3-6,9H2,1-2H3. The molecule has 1 aliphatic rings. The quantitative estimate of drug-likeness (QED) is 0.832. The molecule has 0 unspecified atom stereocenters. The number of benzene rings is 1. The average Bonchev–Trinajstić information content (AvgIpc) is 2.53. The number of nitrogens with zero attached hydrogens (tertiary/aromatic N) is 1. The number of hydrogen-bond donors (Lipinski definition) is 1. The summed E-state index contributed by atoms with van der Waals surface area (Å²) in [6.45, 7) is 1.91. The Balaban J connectivity index is 2.28. The summed E-state index contributed by atoms with van der Waals surface area (Å²) < 4.78 is 10.5. The molecule has 20 heavy (non-hydrogen) atoms. The van der Waals surface area contributed by atoms with E-state index in [4.69, 9.17) is 9.47 Å². The summed E-state index contributed by atoms with van der Waals surface area (Å²) in [6.07, 6.45) is 2.71. The van der Waals surface area contributed by atoms with E-state index in [-0.39, 0.29) is 6.61 Å². The predicted octanol–water partition coefficient (Wildman–Crippen LogP) is 1.73. The number of methoxy groups -OCH3 is 2. The molecule has 0 atom stereocenters. The van der Waals surface area contributed by atoms with Gasteiger partial charge in [0.15, 0.2) is 17.8 Å². The molecule has 0 amide bonds. The van der Waals surface area contributed by atoms with E-state index in [9.17, 15) is 9.90 Å². The monoisotopic (exact) mass is 279 g/mol. The van der Waals surface area contributed by atoms with Gasteiger partial charge in [-0.25, -0.2) is 0 Å². The maximum absolute atomic E-state index is 11.3. The highest BCUT2D eigenvalue weighted by atomic mass is 16.5. The molecule has 1 saturated heterocycles. The highest BCUT2D eigenvalue weighted by molar-refractivity contribution is 5.86. The van der Waals surface area contributed by atoms with Crippen molar-refractivity contribution >= 4 is 12.0 Å². The van der Waals surface area contributed by atoms with Crippen LogP contribution in [0.5, 0.6) is 11.5 Å². The Morgan fingerprint density at radius 1 is 1.25 bits per heavy atom. The van der Waals surface area contributed by atoms with Gasteiger partial charge in [-0.1, -0.05) is 0 Å². The zero-order chi connectivity index (χ0) is 14.5. The van der Waals surface area contributed by atoms with E-state index in [1.165, 1.54) is 0 Å². The Hall–Kier alpha value is -1.75. The minimum atomic E-state index is 0.236. The smallest absolute Gasteiger partial charge is 0.162 e. The molecule has 1 aromatic carbocycles. The van der Waals surface area contributed by atoms with Crippen molar-refractivity contribution in [2.75, 3.05) is 38.8 Å². The van der Waals surface area contributed by atoms with Gasteiger partial charge in [0, 0.05) is 31.3 Å². The number of carbonyl (C=O) groups excluding carboxylic acids is 1. The maximum Gasteiger partial charge on any atom is 0.162 e. The van der Waals surface area contributed by atoms with Crippen LogP contribution in [0.25, 0.3) is 0 Å². The third-order valence-corrected chi connectivity index (χ3v) is 3.87. The van der Waals surface area contributed by atoms with Crippen molar-refractivity contribution in [1.82, 2.24) is 0 Å². The third kappa shape index (κ3) is 2.88. The number of aldehydes is 1. The molecule has 1 N–H and O–H groups in total. The van der Waals surface area contributed by atoms with Crippen molar-refractivity contribution in [2.24, 2.45) is 5.92 Å². The number of rotatable bonds is 5. The summed E-state index contributed by atoms with van der Waals surface area (Å²) >= 11 is 0. The van der Waals surface area contributed by atoms with Crippen LogP contribution < -0.4 is 14.4 Å². The van der Waals surface area contributed by atoms with Crippen molar-refractivity contribution in [3.05, 3.63) is 17.7 Å². The molecular formula is C15H21NO4. The fourth-order valence-corrected chi connectivity index (χ4v) is 2.61. The van der Waals surface area contributed by atoms with E-state index < -0.39 is 0 Å². The number of piperidine rings is 1. The Kier molecular flexibility index (Phi) is 4.84. The minimum Gasteiger partial charge on any atom is -0.493 e. The van der Waals surface area contributed by atoms with Crippen LogP contribution in [-0.2, 0) is 0 Å². The number of ether oxygens (including phenoxy) is 2. The molecule has 0 spiro atoms. The van der Waals surface area contributed by atoms with Crippen molar-refractivity contribution in [3.8, 4) is 11.5 Å². The Labute approximate surface area is 119 Å². The number of aliphatic hydroxyl groups excluding tert-OH is 1. The van der Waals surface area contributed by atoms with Crippen LogP contribution in [0.15, 0.2) is 12.1 Å². The van der Waals surface area contributed by atoms with Gasteiger partial charge in [0.2, 0.25) is 0 Å². The van der Waals surface area contributed by atoms with Gasteiger partial charge in [0.1, 0.15) is 0 Å². The first-order chi connectivity index (χ1) is 9.73. The summed E-state index contributed by atoms with van der Waals surface area (Å²) in [4.78, 5) is 13.5. The molecule has 0 radical (unpaired) electrons. The molecule has 1 heterocycles. The largest absolute Gasteiger partial charge is 0.493 e. The lowest BCUT2D eigenvalue weighted by molar-refractivity contribution is 0.112. The van der Waals surface area contributed by atoms with E-state index in [1.54, 1.807) is 20.3 Å². The Bertz CT molecular complexity index is 467. The lowest BCUT2D eigenvalue weighted by Gasteiger charge is -2.33. The zero-order valence-electron chi connectivity index (χ0n) is 12.0. The summed E-state index contributed by atoms with van der Waals surface area (Å²) in [5.41, 5.74) is 1.47. The molecule has 0 aromatic heterocycles. The fourth-order valence-electron chi connectivity index (χ4n) is 2.61. The van der Waals surface area contributed by atoms with E-state index >= 15 is 0 Å². The van der Waals surface area contributed by atoms with Crippen LogP contribution in [0.1, 0.15) is 23.2 Å². The van der Waals surface area contributed by atoms with Crippen molar-refractivity contribution < 1.29 is 19.4 Å². The Morgan fingerprint density at radius 2 is 1.85 bits per heavy atom. The van der Waals surface area contributed by atoms with E-state index in [0.29, 0.717) is 23.0 Å². The minimum absolute atomic E-state index is 0.236. The fraction of sp³-hybridized carbons (Fsp3) is 0.533. The topological polar surface area (TPSA) is 59.0 Å². The maximum atomic E-state index is 11.3. The van der Waals surface area contributed by atoms with Gasteiger partial charge in [-0.3, -0.25) is 4.79 Å². The van der Waals surface area contributed by atoms with Crippen LogP contribution in [0.4, 0.5) is 5.69 Å². The van der Waals surface area contributed by atoms with E-state index in [1.807, 2.05) is 6.07 Å². The molecule has 0 aliphatic carbocycles. The number of carbonyl (C=O) groups is 1. The average molecular weight is 279 g/mol. The summed E-state index contributed by atoms with van der Waals surface area (Å²) in [5.74, 6) is 1.55. The van der Waals surface area contributed by atoms with Crippen molar-refractivity contribution in [3.63, 3.8) is 0 Å². The van der Waals surface area contributed by atoms with Crippen LogP contribution >= 0.6 is 0 Å². The van der Waals surface area contributed by atoms with Crippen LogP contribution in [0.3, 0.4) is 0 Å². The molecule has 1 aromatic rings. The van der Waals surface area contributed by atoms with Gasteiger partial charge in [-0.15, -0.1) is 0 Å². The molecule has 2 rings (SSSR count). The predicted molar refractivity (Wildman–Crippen MR) is 77.0 cm³/mol. The molecule has 5 heteroatoms. The highest BCUT2D eigenvalue weighted by Crippen LogP contribution is 2.35. The van der Waals surface area contributed by atoms with Gasteiger partial charge in [-0.05, 0) is 24.8 Å². The normalized spacial score (nSPS) is 16.1. The molecule has 110 valence electrons. The van der Waals surface area contributed by atoms with E-state index in [2.05, 4.69) is 4.90 Å². The lowest BCUT2D eigenvalue weighted by Crippen LogP contribution is -2.35. The molecule has 0 bridgehead atoms. The summed E-state index contributed by atoms with van der Waals surface area (Å²) in [5, 5.41) is 9.19. The summed E-state index contributed by atoms with van der Waals surface area (Å²) in [6, 6.07) is 3.56. The van der Waals surface area contributed by atoms with Gasteiger partial charge in [0.05, 0.1) is 19.9 Å². The first-order valence-corrected chi connectivity index (χ1v) is 6.80. The SMILES string of the molecule is COc1cc(C=O)c(N2CCC(CO)CC2)cc1OC. The van der Waals surface area contributed by atoms with Gasteiger partial charge < -0.3 is 19.5 Å². The molecule has 1 fully saturated rings. The molecule has 0 saturated carbocycles. The van der Waals surface area contributed by atoms with Crippen molar-refractivity contribution in [1.29, 1.82) is 0 Å². The Morgan fingerprint density at radius 3 is 2.35 bits per heavy atom. The third-order valence-electron chi connectivity index (χ3n) is 3.87. The lowest BCUT2D eigenvalue weighted by atomic mass is 9.97. The van der Waals surface area contributed by atoms with Gasteiger partial charge in [-0.2, -0.15) is 0 Å². The second kappa shape index (κ2) is 6.61. The second-order valence-electron chi connectivity index (χ2n) is 5.00. The highest BCUT2D eigenvalue weighted by Gasteiger charge is 2.22.